The Morgan fingerprint density at radius 1 is 1.71 bits per heavy atom. The number of carbonyl (C=O) groups is 1. The fourth-order valence-corrected chi connectivity index (χ4v) is 0. The van der Waals surface area contributed by atoms with Crippen LogP contribution in [0.5, 0.6) is 0 Å². The predicted octanol–water partition coefficient (Wildman–Crippen LogP) is 1.95. The first-order valence-electron chi connectivity index (χ1n) is 1.24. The van der Waals surface area contributed by atoms with Crippen LogP contribution < -0.4 is 0 Å². The van der Waals surface area contributed by atoms with Crippen LogP contribution in [0.1, 0.15) is 0 Å². The molecule has 0 rings (SSSR count). The molecule has 0 aliphatic heterocycles. The van der Waals surface area contributed by atoms with E-state index in [-0.39, 0.29) is 0 Å². The maximum atomic E-state index is 9.92. The molecule has 0 unspecified atom stereocenters. The van der Waals surface area contributed by atoms with Crippen molar-refractivity contribution in [2.75, 3.05) is 0 Å². The van der Waals surface area contributed by atoms with Gasteiger partial charge < -0.3 is 5.11 Å². The van der Waals surface area contributed by atoms with Crippen LogP contribution in [0.25, 0.3) is 0 Å². The lowest BCUT2D eigenvalue weighted by Gasteiger charge is -2.01. The van der Waals surface area contributed by atoms with Crippen LogP contribution >= 0.6 is 54.5 Å². The number of alkyl halides is 3. The van der Waals surface area contributed by atoms with Crippen molar-refractivity contribution >= 4 is 60.4 Å². The Bertz CT molecular complexity index is 86.2. The highest BCUT2D eigenvalue weighted by atomic mass is 127. The van der Waals surface area contributed by atoms with Crippen molar-refractivity contribution in [3.8, 4) is 0 Å². The summed E-state index contributed by atoms with van der Waals surface area (Å²) in [6.45, 7) is 0. The first-order chi connectivity index (χ1) is 2.94. The molecule has 2 nitrogen and oxygen atoms in total. The average molecular weight is 344 g/mol. The summed E-state index contributed by atoms with van der Waals surface area (Å²) in [5, 5.41) is 8.15. The number of halogens is 3. The second-order valence-electron chi connectivity index (χ2n) is 0.803. The summed E-state index contributed by atoms with van der Waals surface area (Å²) < 4.78 is -0.988. The number of hydrogen-bond donors (Lipinski definition) is 1. The van der Waals surface area contributed by atoms with E-state index in [0.29, 0.717) is 0 Å². The number of aliphatic carboxylic acids is 1. The summed E-state index contributed by atoms with van der Waals surface area (Å²) in [5.74, 6) is -0.937. The molecule has 0 heterocycles. The van der Waals surface area contributed by atoms with Gasteiger partial charge in [-0.15, -0.1) is 0 Å². The molecule has 1 N–H and O–H groups in total. The molecule has 0 bridgehead atoms. The molecule has 7 heavy (non-hydrogen) atoms. The van der Waals surface area contributed by atoms with Gasteiger partial charge in [-0.3, -0.25) is 0 Å². The highest BCUT2D eigenvalue weighted by Gasteiger charge is 2.27. The van der Waals surface area contributed by atoms with Crippen molar-refractivity contribution in [1.82, 2.24) is 0 Å². The Kier molecular flexibility index (Phi) is 3.07. The minimum Gasteiger partial charge on any atom is -0.479 e. The zero-order valence-electron chi connectivity index (χ0n) is 2.99. The van der Waals surface area contributed by atoms with E-state index in [1.54, 1.807) is 22.6 Å². The van der Waals surface area contributed by atoms with Gasteiger partial charge in [-0.25, -0.2) is 4.79 Å². The van der Waals surface area contributed by atoms with Gasteiger partial charge >= 0.3 is 5.97 Å². The molecule has 5 heteroatoms. The normalized spacial score (nSPS) is 11.3. The Balaban J connectivity index is 3.79. The summed E-state index contributed by atoms with van der Waals surface area (Å²) >= 11 is 7.39. The van der Waals surface area contributed by atoms with Crippen molar-refractivity contribution in [1.29, 1.82) is 0 Å². The fourth-order valence-electron chi connectivity index (χ4n) is 0. The van der Waals surface area contributed by atoms with Gasteiger partial charge in [0.15, 0.2) is 0 Å². The maximum Gasteiger partial charge on any atom is 0.341 e. The van der Waals surface area contributed by atoms with E-state index in [4.69, 9.17) is 5.11 Å². The van der Waals surface area contributed by atoms with E-state index in [2.05, 4.69) is 31.9 Å². The zero-order chi connectivity index (χ0) is 6.08. The van der Waals surface area contributed by atoms with Gasteiger partial charge in [0, 0.05) is 0 Å². The summed E-state index contributed by atoms with van der Waals surface area (Å²) in [5.41, 5.74) is 0. The van der Waals surface area contributed by atoms with Crippen LogP contribution in [0.15, 0.2) is 0 Å². The molecule has 0 fully saturated rings. The summed E-state index contributed by atoms with van der Waals surface area (Å²) in [7, 11) is 0. The van der Waals surface area contributed by atoms with E-state index in [0.717, 1.165) is 0 Å². The molecule has 0 atom stereocenters. The Morgan fingerprint density at radius 3 is 1.86 bits per heavy atom. The van der Waals surface area contributed by atoms with Crippen LogP contribution in [-0.2, 0) is 4.79 Å². The third-order valence-corrected chi connectivity index (χ3v) is 1.38. The Morgan fingerprint density at radius 2 is 1.86 bits per heavy atom. The highest BCUT2D eigenvalue weighted by Crippen LogP contribution is 2.33. The van der Waals surface area contributed by atoms with Gasteiger partial charge in [-0.05, 0) is 54.5 Å². The van der Waals surface area contributed by atoms with E-state index in [1.165, 1.54) is 0 Å². The van der Waals surface area contributed by atoms with Crippen LogP contribution in [0.3, 0.4) is 0 Å². The molecule has 0 aliphatic rings. The van der Waals surface area contributed by atoms with Crippen LogP contribution in [0.4, 0.5) is 0 Å². The van der Waals surface area contributed by atoms with Gasteiger partial charge in [-0.1, -0.05) is 0 Å². The van der Waals surface area contributed by atoms with Crippen LogP contribution in [0.2, 0.25) is 0 Å². The quantitative estimate of drug-likeness (QED) is 0.584. The Labute approximate surface area is 71.1 Å². The lowest BCUT2D eigenvalue weighted by atomic mass is 10.8. The number of rotatable bonds is 1. The van der Waals surface area contributed by atoms with Crippen LogP contribution in [0, 0.1) is 0 Å². The molecular formula is C2HBr2IO2. The fraction of sp³-hybridized carbons (Fsp3) is 0.500. The molecule has 0 aromatic heterocycles. The molecule has 0 saturated heterocycles. The number of carboxylic acids is 1. The summed E-state index contributed by atoms with van der Waals surface area (Å²) in [6.07, 6.45) is 0. The molecule has 0 amide bonds. The first-order valence-corrected chi connectivity index (χ1v) is 3.91. The minimum atomic E-state index is -0.988. The van der Waals surface area contributed by atoms with Gasteiger partial charge in [0.25, 0.3) is 0 Å². The largest absolute Gasteiger partial charge is 0.479 e. The SMILES string of the molecule is O=C(O)C(Br)(Br)I. The third-order valence-electron chi connectivity index (χ3n) is 0.243. The van der Waals surface area contributed by atoms with E-state index in [9.17, 15) is 4.79 Å². The van der Waals surface area contributed by atoms with Gasteiger partial charge in [0.2, 0.25) is 1.24 Å². The molecule has 0 aromatic carbocycles. The van der Waals surface area contributed by atoms with E-state index in [1.807, 2.05) is 0 Å². The monoisotopic (exact) mass is 342 g/mol. The molecule has 0 radical (unpaired) electrons. The molecule has 0 spiro atoms. The van der Waals surface area contributed by atoms with Gasteiger partial charge in [0.05, 0.1) is 0 Å². The maximum absolute atomic E-state index is 9.92. The van der Waals surface area contributed by atoms with Gasteiger partial charge in [0.1, 0.15) is 0 Å². The second-order valence-corrected chi connectivity index (χ2v) is 8.83. The van der Waals surface area contributed by atoms with Crippen molar-refractivity contribution < 1.29 is 9.90 Å². The van der Waals surface area contributed by atoms with Crippen molar-refractivity contribution in [3.63, 3.8) is 0 Å². The first kappa shape index (κ1) is 8.16. The van der Waals surface area contributed by atoms with Crippen molar-refractivity contribution in [2.24, 2.45) is 0 Å². The number of hydrogen-bond acceptors (Lipinski definition) is 1. The third kappa shape index (κ3) is 3.72. The molecular weight excluding hydrogens is 343 g/mol. The Hall–Kier alpha value is 1.16. The highest BCUT2D eigenvalue weighted by molar-refractivity contribution is 14.1. The minimum absolute atomic E-state index is 0.937. The molecule has 42 valence electrons. The zero-order valence-corrected chi connectivity index (χ0v) is 8.32. The van der Waals surface area contributed by atoms with Gasteiger partial charge in [-0.2, -0.15) is 0 Å². The lowest BCUT2D eigenvalue weighted by Crippen LogP contribution is -2.14. The van der Waals surface area contributed by atoms with E-state index < -0.39 is 7.21 Å². The smallest absolute Gasteiger partial charge is 0.341 e. The molecule has 0 saturated carbocycles. The average Bonchev–Trinajstić information content (AvgIpc) is 1.31. The van der Waals surface area contributed by atoms with Crippen molar-refractivity contribution in [3.05, 3.63) is 0 Å². The summed E-state index contributed by atoms with van der Waals surface area (Å²) in [6, 6.07) is 0. The predicted molar refractivity (Wildman–Crippen MR) is 42.2 cm³/mol. The van der Waals surface area contributed by atoms with Crippen molar-refractivity contribution in [2.45, 2.75) is 1.24 Å². The lowest BCUT2D eigenvalue weighted by molar-refractivity contribution is -0.134. The topological polar surface area (TPSA) is 37.3 Å². The van der Waals surface area contributed by atoms with Crippen LogP contribution in [-0.4, -0.2) is 12.3 Å². The number of carboxylic acid groups (broad SMARTS) is 1. The summed E-state index contributed by atoms with van der Waals surface area (Å²) in [4.78, 5) is 9.92. The molecule has 0 aliphatic carbocycles. The second kappa shape index (κ2) is 2.63. The standard InChI is InChI=1S/C2HBr2IO2/c3-2(4,5)1(6)7/h(H,6,7). The molecule has 0 aromatic rings. The van der Waals surface area contributed by atoms with E-state index >= 15 is 0 Å².